The van der Waals surface area contributed by atoms with Crippen molar-refractivity contribution in [2.24, 2.45) is 63.1 Å². The molecule has 2 N–H and O–H groups in total. The van der Waals surface area contributed by atoms with Crippen molar-refractivity contribution in [3.8, 4) is 0 Å². The summed E-state index contributed by atoms with van der Waals surface area (Å²) >= 11 is 0. The van der Waals surface area contributed by atoms with Crippen molar-refractivity contribution in [3.05, 3.63) is 0 Å². The van der Waals surface area contributed by atoms with E-state index in [0.717, 1.165) is 58.0 Å². The SMILES string of the molecule is CC(C)C(OC(=O)N1CCC1)C1CC(C)C2C(O1)C(O)C1C3CCC4C(C)(C)C(C)(O)CCC45C(C)C35CCC21C. The van der Waals surface area contributed by atoms with Gasteiger partial charge in [0.15, 0.2) is 0 Å². The summed E-state index contributed by atoms with van der Waals surface area (Å²) < 4.78 is 13.1. The van der Waals surface area contributed by atoms with E-state index in [9.17, 15) is 15.0 Å². The first kappa shape index (κ1) is 28.9. The third kappa shape index (κ3) is 3.40. The number of hydrogen-bond acceptors (Lipinski definition) is 5. The van der Waals surface area contributed by atoms with E-state index in [1.807, 2.05) is 0 Å². The van der Waals surface area contributed by atoms with Crippen molar-refractivity contribution in [1.82, 2.24) is 4.90 Å². The molecule has 7 fully saturated rings. The number of amides is 1. The molecule has 0 aromatic carbocycles. The van der Waals surface area contributed by atoms with Gasteiger partial charge in [-0.3, -0.25) is 0 Å². The average Bonchev–Trinajstić information content (AvgIpc) is 3.30. The van der Waals surface area contributed by atoms with E-state index in [4.69, 9.17) is 9.47 Å². The number of carbonyl (C=O) groups excluding carboxylic acids is 1. The van der Waals surface area contributed by atoms with Crippen LogP contribution in [0.1, 0.15) is 107 Å². The van der Waals surface area contributed by atoms with E-state index in [0.29, 0.717) is 35.0 Å². The second-order valence-electron chi connectivity index (χ2n) is 17.4. The van der Waals surface area contributed by atoms with Gasteiger partial charge >= 0.3 is 6.09 Å². The Morgan fingerprint density at radius 1 is 0.976 bits per heavy atom. The molecule has 14 unspecified atom stereocenters. The summed E-state index contributed by atoms with van der Waals surface area (Å²) in [6, 6.07) is 0. The largest absolute Gasteiger partial charge is 0.443 e. The van der Waals surface area contributed by atoms with Gasteiger partial charge in [-0.2, -0.15) is 0 Å². The van der Waals surface area contributed by atoms with E-state index >= 15 is 0 Å². The maximum Gasteiger partial charge on any atom is 0.410 e. The molecule has 0 aromatic heterocycles. The van der Waals surface area contributed by atoms with Crippen LogP contribution in [0.3, 0.4) is 0 Å². The molecule has 5 saturated carbocycles. The summed E-state index contributed by atoms with van der Waals surface area (Å²) in [5.41, 5.74) is -0.0503. The van der Waals surface area contributed by atoms with Crippen molar-refractivity contribution in [3.63, 3.8) is 0 Å². The van der Waals surface area contributed by atoms with Gasteiger partial charge in [0.25, 0.3) is 0 Å². The fourth-order valence-corrected chi connectivity index (χ4v) is 13.3. The molecule has 6 heteroatoms. The highest BCUT2D eigenvalue weighted by Gasteiger charge is 2.86. The van der Waals surface area contributed by atoms with Crippen molar-refractivity contribution >= 4 is 6.09 Å². The lowest BCUT2D eigenvalue weighted by molar-refractivity contribution is -0.181. The van der Waals surface area contributed by atoms with Crippen LogP contribution in [-0.2, 0) is 9.47 Å². The Labute approximate surface area is 248 Å². The molecule has 2 aliphatic heterocycles. The zero-order valence-electron chi connectivity index (χ0n) is 27.0. The number of aliphatic hydroxyl groups is 2. The molecular weight excluding hydrogens is 514 g/mol. The number of nitrogens with zero attached hydrogens (tertiary/aromatic N) is 1. The fourth-order valence-electron chi connectivity index (χ4n) is 13.3. The minimum Gasteiger partial charge on any atom is -0.443 e. The summed E-state index contributed by atoms with van der Waals surface area (Å²) in [4.78, 5) is 14.6. The third-order valence-electron chi connectivity index (χ3n) is 15.7. The number of rotatable bonds is 3. The molecule has 2 spiro atoms. The smallest absolute Gasteiger partial charge is 0.410 e. The highest BCUT2D eigenvalue weighted by Crippen LogP contribution is 2.90. The monoisotopic (exact) mass is 571 g/mol. The highest BCUT2D eigenvalue weighted by atomic mass is 16.6. The maximum absolute atomic E-state index is 12.8. The highest BCUT2D eigenvalue weighted by molar-refractivity contribution is 5.68. The lowest BCUT2D eigenvalue weighted by Crippen LogP contribution is -2.59. The Morgan fingerprint density at radius 3 is 2.29 bits per heavy atom. The van der Waals surface area contributed by atoms with Crippen molar-refractivity contribution in [2.45, 2.75) is 137 Å². The maximum atomic E-state index is 12.8. The Bertz CT molecular complexity index is 1080. The molecule has 41 heavy (non-hydrogen) atoms. The molecule has 2 saturated heterocycles. The van der Waals surface area contributed by atoms with Crippen LogP contribution in [0.5, 0.6) is 0 Å². The van der Waals surface area contributed by atoms with Crippen LogP contribution in [-0.4, -0.2) is 64.3 Å². The van der Waals surface area contributed by atoms with Gasteiger partial charge in [-0.05, 0) is 121 Å². The van der Waals surface area contributed by atoms with Crippen LogP contribution in [0.4, 0.5) is 4.79 Å². The van der Waals surface area contributed by atoms with E-state index in [-0.39, 0.29) is 52.5 Å². The second kappa shape index (κ2) is 8.87. The van der Waals surface area contributed by atoms with Gasteiger partial charge < -0.3 is 24.6 Å². The molecule has 0 bridgehead atoms. The van der Waals surface area contributed by atoms with Crippen molar-refractivity contribution < 1.29 is 24.5 Å². The first-order valence-electron chi connectivity index (χ1n) is 17.2. The van der Waals surface area contributed by atoms with E-state index in [1.165, 1.54) is 6.42 Å². The molecule has 5 aliphatic carbocycles. The zero-order valence-corrected chi connectivity index (χ0v) is 27.0. The summed E-state index contributed by atoms with van der Waals surface area (Å²) in [6.45, 7) is 19.9. The van der Waals surface area contributed by atoms with Crippen LogP contribution in [0, 0.1) is 63.1 Å². The van der Waals surface area contributed by atoms with Gasteiger partial charge in [0, 0.05) is 13.1 Å². The topological polar surface area (TPSA) is 79.2 Å². The normalized spacial score (nSPS) is 55.5. The van der Waals surface area contributed by atoms with E-state index in [1.54, 1.807) is 4.90 Å². The van der Waals surface area contributed by atoms with E-state index < -0.39 is 11.7 Å². The standard InChI is InChI=1S/C35H57NO5/c1-19(2)28(41-30(38)36-16-9-17-36)23-18-20(3)25-29(40-23)27(37)26-22-10-11-24-31(5,6)33(8,39)13-15-35(24)21(4)34(22,35)14-12-32(25,26)7/h19-29,37,39H,9-18H2,1-8H3. The van der Waals surface area contributed by atoms with Gasteiger partial charge in [-0.15, -0.1) is 0 Å². The molecule has 1 amide bonds. The number of ether oxygens (including phenoxy) is 2. The molecule has 7 rings (SSSR count). The number of hydrogen-bond donors (Lipinski definition) is 2. The van der Waals surface area contributed by atoms with E-state index in [2.05, 4.69) is 55.4 Å². The van der Waals surface area contributed by atoms with Gasteiger partial charge in [0.1, 0.15) is 6.10 Å². The van der Waals surface area contributed by atoms with Gasteiger partial charge in [0.05, 0.1) is 23.9 Å². The lowest BCUT2D eigenvalue weighted by atomic mass is 9.44. The van der Waals surface area contributed by atoms with Crippen LogP contribution in [0.25, 0.3) is 0 Å². The van der Waals surface area contributed by atoms with Crippen molar-refractivity contribution in [1.29, 1.82) is 0 Å². The Balaban J connectivity index is 1.17. The molecule has 14 atom stereocenters. The number of carbonyl (C=O) groups is 1. The molecule has 0 radical (unpaired) electrons. The third-order valence-corrected chi connectivity index (χ3v) is 15.7. The van der Waals surface area contributed by atoms with Crippen molar-refractivity contribution in [2.75, 3.05) is 13.1 Å². The Morgan fingerprint density at radius 2 is 1.66 bits per heavy atom. The number of fused-ring (bicyclic) bond motifs is 4. The average molecular weight is 572 g/mol. The Kier molecular flexibility index (Phi) is 6.25. The van der Waals surface area contributed by atoms with Crippen LogP contribution in [0.2, 0.25) is 0 Å². The molecule has 7 aliphatic rings. The van der Waals surface area contributed by atoms with Crippen LogP contribution >= 0.6 is 0 Å². The predicted molar refractivity (Wildman–Crippen MR) is 158 cm³/mol. The predicted octanol–water partition coefficient (Wildman–Crippen LogP) is 6.27. The number of likely N-dealkylation sites (tertiary alicyclic amines) is 1. The summed E-state index contributed by atoms with van der Waals surface area (Å²) in [5, 5.41) is 23.8. The first-order valence-corrected chi connectivity index (χ1v) is 17.2. The molecular formula is C35H57NO5. The van der Waals surface area contributed by atoms with Gasteiger partial charge in [-0.25, -0.2) is 4.79 Å². The second-order valence-corrected chi connectivity index (χ2v) is 17.4. The van der Waals surface area contributed by atoms with Gasteiger partial charge in [0.2, 0.25) is 0 Å². The van der Waals surface area contributed by atoms with Crippen LogP contribution < -0.4 is 0 Å². The fraction of sp³-hybridized carbons (Fsp3) is 0.971. The lowest BCUT2D eigenvalue weighted by Gasteiger charge is -2.61. The summed E-state index contributed by atoms with van der Waals surface area (Å²) in [6.07, 6.45) is 7.36. The summed E-state index contributed by atoms with van der Waals surface area (Å²) in [5.74, 6) is 2.87. The molecule has 232 valence electrons. The quantitative estimate of drug-likeness (QED) is 0.417. The van der Waals surface area contributed by atoms with Gasteiger partial charge in [-0.1, -0.05) is 48.5 Å². The molecule has 2 heterocycles. The first-order chi connectivity index (χ1) is 19.1. The minimum absolute atomic E-state index is 0.0675. The zero-order chi connectivity index (χ0) is 29.5. The molecule has 0 aromatic rings. The Hall–Kier alpha value is -0.850. The number of aliphatic hydroxyl groups excluding tert-OH is 1. The minimum atomic E-state index is -0.616. The van der Waals surface area contributed by atoms with Crippen LogP contribution in [0.15, 0.2) is 0 Å². The molecule has 6 nitrogen and oxygen atoms in total. The summed E-state index contributed by atoms with van der Waals surface area (Å²) in [7, 11) is 0.